The molecule has 1 heterocycles. The van der Waals surface area contributed by atoms with Gasteiger partial charge in [-0.1, -0.05) is 59.6 Å². The molecule has 1 aliphatic heterocycles. The zero-order valence-corrected chi connectivity index (χ0v) is 18.2. The van der Waals surface area contributed by atoms with E-state index in [1.54, 1.807) is 43.5 Å². The Balaban J connectivity index is 1.83. The number of benzene rings is 3. The minimum atomic E-state index is -3.86. The normalized spacial score (nSPS) is 16.4. The van der Waals surface area contributed by atoms with E-state index in [4.69, 9.17) is 16.3 Å². The summed E-state index contributed by atoms with van der Waals surface area (Å²) < 4.78 is 33.7. The average molecular weight is 441 g/mol. The number of ether oxygens (including phenoxy) is 1. The molecule has 0 aliphatic carbocycles. The third kappa shape index (κ3) is 3.80. The van der Waals surface area contributed by atoms with Gasteiger partial charge in [0.1, 0.15) is 5.75 Å². The van der Waals surface area contributed by atoms with Crippen molar-refractivity contribution in [2.75, 3.05) is 7.11 Å². The van der Waals surface area contributed by atoms with Crippen molar-refractivity contribution in [2.24, 2.45) is 5.10 Å². The van der Waals surface area contributed by atoms with Crippen LogP contribution in [0.3, 0.4) is 0 Å². The summed E-state index contributed by atoms with van der Waals surface area (Å²) in [5, 5.41) is 5.17. The van der Waals surface area contributed by atoms with Crippen LogP contribution in [0.15, 0.2) is 82.8 Å². The molecule has 30 heavy (non-hydrogen) atoms. The number of para-hydroxylation sites is 1. The third-order valence-electron chi connectivity index (χ3n) is 5.11. The third-order valence-corrected chi connectivity index (χ3v) is 7.06. The van der Waals surface area contributed by atoms with Gasteiger partial charge in [-0.05, 0) is 42.8 Å². The number of nitrogens with zero attached hydrogens (tertiary/aromatic N) is 2. The molecule has 3 aromatic carbocycles. The topological polar surface area (TPSA) is 59.0 Å². The van der Waals surface area contributed by atoms with Crippen molar-refractivity contribution in [3.8, 4) is 5.75 Å². The minimum Gasteiger partial charge on any atom is -0.496 e. The van der Waals surface area contributed by atoms with Crippen LogP contribution < -0.4 is 4.74 Å². The second-order valence-electron chi connectivity index (χ2n) is 7.11. The van der Waals surface area contributed by atoms with Crippen molar-refractivity contribution in [3.05, 3.63) is 94.5 Å². The number of aryl methyl sites for hydroxylation is 1. The fraction of sp³-hybridized carbons (Fsp3) is 0.174. The maximum absolute atomic E-state index is 13.5. The van der Waals surface area contributed by atoms with E-state index in [0.717, 1.165) is 16.7 Å². The molecule has 0 saturated carbocycles. The highest BCUT2D eigenvalue weighted by Gasteiger charge is 2.38. The van der Waals surface area contributed by atoms with Gasteiger partial charge in [0.15, 0.2) is 0 Å². The van der Waals surface area contributed by atoms with Crippen LogP contribution in [0.1, 0.15) is 29.2 Å². The van der Waals surface area contributed by atoms with Crippen LogP contribution in [-0.4, -0.2) is 25.7 Å². The van der Waals surface area contributed by atoms with Gasteiger partial charge in [0.2, 0.25) is 0 Å². The molecule has 0 spiro atoms. The summed E-state index contributed by atoms with van der Waals surface area (Å²) in [7, 11) is -2.29. The predicted molar refractivity (Wildman–Crippen MR) is 119 cm³/mol. The smallest absolute Gasteiger partial charge is 0.279 e. The Kier molecular flexibility index (Phi) is 5.54. The number of hydrogen-bond donors (Lipinski definition) is 0. The lowest BCUT2D eigenvalue weighted by Gasteiger charge is -2.24. The predicted octanol–water partition coefficient (Wildman–Crippen LogP) is 5.20. The van der Waals surface area contributed by atoms with Gasteiger partial charge in [-0.3, -0.25) is 0 Å². The average Bonchev–Trinajstić information content (AvgIpc) is 3.21. The first-order valence-corrected chi connectivity index (χ1v) is 11.3. The summed E-state index contributed by atoms with van der Waals surface area (Å²) in [5.41, 5.74) is 3.27. The molecular formula is C23H21ClN2O3S. The standard InChI is InChI=1S/C23H21ClN2O3S/c1-16-7-13-19(14-8-16)30(27,28)26-22(20-5-3-4-6-23(20)29-2)15-21(25-26)17-9-11-18(24)12-10-17/h3-14,22H,15H2,1-2H3. The minimum absolute atomic E-state index is 0.203. The van der Waals surface area contributed by atoms with E-state index < -0.39 is 16.1 Å². The molecule has 5 nitrogen and oxygen atoms in total. The number of rotatable bonds is 5. The maximum atomic E-state index is 13.5. The number of hydrazone groups is 1. The summed E-state index contributed by atoms with van der Waals surface area (Å²) in [5.74, 6) is 0.624. The Labute approximate surface area is 181 Å². The highest BCUT2D eigenvalue weighted by Crippen LogP contribution is 2.40. The molecule has 7 heteroatoms. The molecule has 0 N–H and O–H groups in total. The van der Waals surface area contributed by atoms with E-state index in [0.29, 0.717) is 22.9 Å². The van der Waals surface area contributed by atoms with E-state index in [1.165, 1.54) is 4.41 Å². The number of methoxy groups -OCH3 is 1. The molecular weight excluding hydrogens is 420 g/mol. The summed E-state index contributed by atoms with van der Waals surface area (Å²) in [4.78, 5) is 0.203. The summed E-state index contributed by atoms with van der Waals surface area (Å²) >= 11 is 6.01. The number of sulfonamides is 1. The monoisotopic (exact) mass is 440 g/mol. The second kappa shape index (κ2) is 8.13. The molecule has 154 valence electrons. The highest BCUT2D eigenvalue weighted by atomic mass is 35.5. The van der Waals surface area contributed by atoms with Crippen LogP contribution in [0.25, 0.3) is 0 Å². The number of halogens is 1. The Morgan fingerprint density at radius 3 is 2.33 bits per heavy atom. The molecule has 0 fully saturated rings. The van der Waals surface area contributed by atoms with Crippen LogP contribution in [0, 0.1) is 6.92 Å². The Morgan fingerprint density at radius 2 is 1.67 bits per heavy atom. The Morgan fingerprint density at radius 1 is 1.00 bits per heavy atom. The van der Waals surface area contributed by atoms with E-state index in [-0.39, 0.29) is 4.90 Å². The van der Waals surface area contributed by atoms with E-state index in [2.05, 4.69) is 5.10 Å². The van der Waals surface area contributed by atoms with Crippen molar-refractivity contribution >= 4 is 27.3 Å². The zero-order valence-electron chi connectivity index (χ0n) is 16.6. The molecule has 0 amide bonds. The van der Waals surface area contributed by atoms with Crippen LogP contribution in [0.4, 0.5) is 0 Å². The first-order chi connectivity index (χ1) is 14.4. The second-order valence-corrected chi connectivity index (χ2v) is 9.34. The van der Waals surface area contributed by atoms with Gasteiger partial charge in [-0.2, -0.15) is 17.9 Å². The Hall–Kier alpha value is -2.83. The quantitative estimate of drug-likeness (QED) is 0.548. The largest absolute Gasteiger partial charge is 0.496 e. The van der Waals surface area contributed by atoms with Gasteiger partial charge in [0.25, 0.3) is 10.0 Å². The van der Waals surface area contributed by atoms with E-state index in [9.17, 15) is 8.42 Å². The van der Waals surface area contributed by atoms with Crippen LogP contribution in [0.5, 0.6) is 5.75 Å². The lowest BCUT2D eigenvalue weighted by molar-refractivity contribution is 0.350. The highest BCUT2D eigenvalue weighted by molar-refractivity contribution is 7.89. The van der Waals surface area contributed by atoms with Crippen LogP contribution in [0.2, 0.25) is 5.02 Å². The van der Waals surface area contributed by atoms with Gasteiger partial charge in [-0.25, -0.2) is 0 Å². The molecule has 0 radical (unpaired) electrons. The van der Waals surface area contributed by atoms with Crippen molar-refractivity contribution in [2.45, 2.75) is 24.3 Å². The van der Waals surface area contributed by atoms with Gasteiger partial charge < -0.3 is 4.74 Å². The van der Waals surface area contributed by atoms with Crippen LogP contribution in [-0.2, 0) is 10.0 Å². The van der Waals surface area contributed by atoms with Crippen molar-refractivity contribution < 1.29 is 13.2 Å². The SMILES string of the molecule is COc1ccccc1C1CC(c2ccc(Cl)cc2)=NN1S(=O)(=O)c1ccc(C)cc1. The Bertz CT molecular complexity index is 1190. The summed E-state index contributed by atoms with van der Waals surface area (Å²) in [6.07, 6.45) is 0.424. The van der Waals surface area contributed by atoms with Gasteiger partial charge >= 0.3 is 0 Å². The van der Waals surface area contributed by atoms with Crippen molar-refractivity contribution in [1.82, 2.24) is 4.41 Å². The van der Waals surface area contributed by atoms with Gasteiger partial charge in [0.05, 0.1) is 23.8 Å². The molecule has 1 unspecified atom stereocenters. The molecule has 0 bridgehead atoms. The zero-order chi connectivity index (χ0) is 21.3. The first kappa shape index (κ1) is 20.4. The van der Waals surface area contributed by atoms with Crippen molar-refractivity contribution in [1.29, 1.82) is 0 Å². The molecule has 1 aliphatic rings. The van der Waals surface area contributed by atoms with E-state index in [1.807, 2.05) is 43.3 Å². The fourth-order valence-corrected chi connectivity index (χ4v) is 5.07. The molecule has 1 atom stereocenters. The molecule has 3 aromatic rings. The lowest BCUT2D eigenvalue weighted by Crippen LogP contribution is -2.27. The van der Waals surface area contributed by atoms with E-state index >= 15 is 0 Å². The molecule has 0 saturated heterocycles. The van der Waals surface area contributed by atoms with Crippen LogP contribution >= 0.6 is 11.6 Å². The molecule has 4 rings (SSSR count). The first-order valence-electron chi connectivity index (χ1n) is 9.47. The van der Waals surface area contributed by atoms with Gasteiger partial charge in [-0.15, -0.1) is 0 Å². The molecule has 0 aromatic heterocycles. The lowest BCUT2D eigenvalue weighted by atomic mass is 9.98. The summed E-state index contributed by atoms with van der Waals surface area (Å²) in [6, 6.07) is 20.9. The fourth-order valence-electron chi connectivity index (χ4n) is 3.52. The van der Waals surface area contributed by atoms with Gasteiger partial charge in [0, 0.05) is 17.0 Å². The maximum Gasteiger partial charge on any atom is 0.279 e. The number of hydrogen-bond acceptors (Lipinski definition) is 4. The van der Waals surface area contributed by atoms with Crippen molar-refractivity contribution in [3.63, 3.8) is 0 Å². The summed E-state index contributed by atoms with van der Waals surface area (Å²) in [6.45, 7) is 1.92.